The summed E-state index contributed by atoms with van der Waals surface area (Å²) >= 11 is 5.63. The molecule has 0 saturated heterocycles. The van der Waals surface area contributed by atoms with Gasteiger partial charge in [-0.1, -0.05) is 11.6 Å². The lowest BCUT2D eigenvalue weighted by atomic mass is 10.3. The number of sulfonamides is 1. The van der Waals surface area contributed by atoms with Crippen LogP contribution in [0.2, 0.25) is 5.02 Å². The lowest BCUT2D eigenvalue weighted by Crippen LogP contribution is -2.26. The summed E-state index contributed by atoms with van der Waals surface area (Å²) < 4.78 is 61.4. The maximum Gasteiger partial charge on any atom is 0.417 e. The summed E-state index contributed by atoms with van der Waals surface area (Å²) in [4.78, 5) is 3.51. The van der Waals surface area contributed by atoms with Crippen LogP contribution in [0.15, 0.2) is 12.3 Å². The molecule has 0 atom stereocenters. The molecular weight excluding hydrogens is 307 g/mol. The third kappa shape index (κ3) is 4.84. The van der Waals surface area contributed by atoms with Gasteiger partial charge in [-0.25, -0.2) is 18.1 Å². The fourth-order valence-corrected chi connectivity index (χ4v) is 1.94. The third-order valence-corrected chi connectivity index (χ3v) is 3.79. The van der Waals surface area contributed by atoms with E-state index in [-0.39, 0.29) is 23.1 Å². The topological polar surface area (TPSA) is 71.1 Å². The van der Waals surface area contributed by atoms with Crippen LogP contribution < -0.4 is 10.0 Å². The highest BCUT2D eigenvalue weighted by Crippen LogP contribution is 2.32. The van der Waals surface area contributed by atoms with Gasteiger partial charge in [-0.2, -0.15) is 13.2 Å². The zero-order chi connectivity index (χ0) is 14.7. The predicted octanol–water partition coefficient (Wildman–Crippen LogP) is 1.71. The van der Waals surface area contributed by atoms with E-state index in [1.165, 1.54) is 7.05 Å². The van der Waals surface area contributed by atoms with Gasteiger partial charge in [0.15, 0.2) is 0 Å². The normalized spacial score (nSPS) is 12.5. The van der Waals surface area contributed by atoms with E-state index in [1.807, 2.05) is 0 Å². The van der Waals surface area contributed by atoms with Crippen LogP contribution in [0.1, 0.15) is 5.56 Å². The van der Waals surface area contributed by atoms with Gasteiger partial charge in [0.2, 0.25) is 10.0 Å². The van der Waals surface area contributed by atoms with E-state index in [1.54, 1.807) is 0 Å². The SMILES string of the molecule is CNS(=O)(=O)CCNc1ncc(C(F)(F)F)cc1Cl. The van der Waals surface area contributed by atoms with Crippen LogP contribution in [0.5, 0.6) is 0 Å². The summed E-state index contributed by atoms with van der Waals surface area (Å²) in [7, 11) is -2.13. The van der Waals surface area contributed by atoms with Crippen LogP contribution in [-0.2, 0) is 16.2 Å². The average Bonchev–Trinajstić information content (AvgIpc) is 2.30. The van der Waals surface area contributed by atoms with Crippen molar-refractivity contribution in [1.82, 2.24) is 9.71 Å². The van der Waals surface area contributed by atoms with Crippen molar-refractivity contribution in [2.24, 2.45) is 0 Å². The highest BCUT2D eigenvalue weighted by Gasteiger charge is 2.31. The zero-order valence-electron chi connectivity index (χ0n) is 9.75. The Morgan fingerprint density at radius 3 is 2.53 bits per heavy atom. The third-order valence-electron chi connectivity index (χ3n) is 2.14. The molecule has 0 spiro atoms. The molecule has 19 heavy (non-hydrogen) atoms. The van der Waals surface area contributed by atoms with E-state index in [2.05, 4.69) is 15.0 Å². The molecule has 10 heteroatoms. The van der Waals surface area contributed by atoms with Gasteiger partial charge in [-0.05, 0) is 13.1 Å². The van der Waals surface area contributed by atoms with E-state index < -0.39 is 21.8 Å². The summed E-state index contributed by atoms with van der Waals surface area (Å²) in [5, 5.41) is 2.33. The molecule has 0 bridgehead atoms. The first-order valence-electron chi connectivity index (χ1n) is 5.03. The molecule has 0 unspecified atom stereocenters. The van der Waals surface area contributed by atoms with Crippen molar-refractivity contribution in [3.63, 3.8) is 0 Å². The fraction of sp³-hybridized carbons (Fsp3) is 0.444. The maximum absolute atomic E-state index is 12.3. The second-order valence-corrected chi connectivity index (χ2v) is 5.96. The van der Waals surface area contributed by atoms with E-state index in [9.17, 15) is 21.6 Å². The molecule has 0 amide bonds. The van der Waals surface area contributed by atoms with Gasteiger partial charge in [0.25, 0.3) is 0 Å². The Morgan fingerprint density at radius 2 is 2.05 bits per heavy atom. The number of alkyl halides is 3. The highest BCUT2D eigenvalue weighted by molar-refractivity contribution is 7.89. The number of hydrogen-bond donors (Lipinski definition) is 2. The molecule has 0 saturated carbocycles. The lowest BCUT2D eigenvalue weighted by molar-refractivity contribution is -0.137. The quantitative estimate of drug-likeness (QED) is 0.867. The molecule has 0 aliphatic carbocycles. The van der Waals surface area contributed by atoms with Crippen molar-refractivity contribution < 1.29 is 21.6 Å². The molecule has 1 aromatic heterocycles. The van der Waals surface area contributed by atoms with Gasteiger partial charge in [0.1, 0.15) is 5.82 Å². The van der Waals surface area contributed by atoms with Crippen molar-refractivity contribution in [2.45, 2.75) is 6.18 Å². The van der Waals surface area contributed by atoms with Gasteiger partial charge in [0.05, 0.1) is 16.3 Å². The van der Waals surface area contributed by atoms with E-state index in [0.29, 0.717) is 6.20 Å². The number of anilines is 1. The summed E-state index contributed by atoms with van der Waals surface area (Å²) in [6.07, 6.45) is -3.90. The number of nitrogens with zero attached hydrogens (tertiary/aromatic N) is 1. The second kappa shape index (κ2) is 5.93. The molecule has 1 aromatic rings. The minimum absolute atomic E-state index is 0.000898. The summed E-state index contributed by atoms with van der Waals surface area (Å²) in [6.45, 7) is -0.0265. The molecule has 2 N–H and O–H groups in total. The Hall–Kier alpha value is -1.06. The summed E-state index contributed by atoms with van der Waals surface area (Å²) in [5.74, 6) is -0.247. The molecule has 0 aliphatic rings. The standard InChI is InChI=1S/C9H11ClF3N3O2S/c1-14-19(17,18)3-2-15-8-7(10)4-6(5-16-8)9(11,12)13/h4-5,14H,2-3H2,1H3,(H,15,16). The van der Waals surface area contributed by atoms with Crippen LogP contribution in [0.25, 0.3) is 0 Å². The number of pyridine rings is 1. The van der Waals surface area contributed by atoms with Gasteiger partial charge in [-0.3, -0.25) is 0 Å². The number of nitrogens with one attached hydrogen (secondary N) is 2. The fourth-order valence-electron chi connectivity index (χ4n) is 1.13. The first kappa shape index (κ1) is 16.0. The Bertz CT molecular complexity index is 548. The predicted molar refractivity (Wildman–Crippen MR) is 65.6 cm³/mol. The molecule has 0 aromatic carbocycles. The maximum atomic E-state index is 12.3. The van der Waals surface area contributed by atoms with Gasteiger partial charge < -0.3 is 5.32 Å². The minimum atomic E-state index is -4.52. The van der Waals surface area contributed by atoms with Crippen molar-refractivity contribution in [3.8, 4) is 0 Å². The number of hydrogen-bond acceptors (Lipinski definition) is 4. The van der Waals surface area contributed by atoms with Crippen molar-refractivity contribution in [2.75, 3.05) is 24.7 Å². The molecular formula is C9H11ClF3N3O2S. The van der Waals surface area contributed by atoms with Crippen LogP contribution in [0.3, 0.4) is 0 Å². The Morgan fingerprint density at radius 1 is 1.42 bits per heavy atom. The first-order valence-corrected chi connectivity index (χ1v) is 7.06. The van der Waals surface area contributed by atoms with Crippen LogP contribution >= 0.6 is 11.6 Å². The average molecular weight is 318 g/mol. The van der Waals surface area contributed by atoms with Crippen molar-refractivity contribution in [1.29, 1.82) is 0 Å². The van der Waals surface area contributed by atoms with Gasteiger partial charge in [-0.15, -0.1) is 0 Å². The smallest absolute Gasteiger partial charge is 0.368 e. The molecule has 1 heterocycles. The molecule has 0 aliphatic heterocycles. The zero-order valence-corrected chi connectivity index (χ0v) is 11.3. The van der Waals surface area contributed by atoms with Crippen LogP contribution in [0.4, 0.5) is 19.0 Å². The lowest BCUT2D eigenvalue weighted by Gasteiger charge is -2.10. The second-order valence-electron chi connectivity index (χ2n) is 3.50. The Labute approximate surface area is 113 Å². The summed E-state index contributed by atoms with van der Waals surface area (Å²) in [6, 6.07) is 0.726. The van der Waals surface area contributed by atoms with Crippen LogP contribution in [0, 0.1) is 0 Å². The molecule has 0 fully saturated rings. The van der Waals surface area contributed by atoms with E-state index >= 15 is 0 Å². The molecule has 1 rings (SSSR count). The number of halogens is 4. The Kier molecular flexibility index (Phi) is 4.99. The first-order chi connectivity index (χ1) is 8.65. The Balaban J connectivity index is 2.71. The van der Waals surface area contributed by atoms with Crippen molar-refractivity contribution >= 4 is 27.4 Å². The largest absolute Gasteiger partial charge is 0.417 e. The highest BCUT2D eigenvalue weighted by atomic mass is 35.5. The summed E-state index contributed by atoms with van der Waals surface area (Å²) in [5.41, 5.74) is -0.967. The van der Waals surface area contributed by atoms with Gasteiger partial charge >= 0.3 is 6.18 Å². The molecule has 108 valence electrons. The van der Waals surface area contributed by atoms with E-state index in [0.717, 1.165) is 6.07 Å². The van der Waals surface area contributed by atoms with E-state index in [4.69, 9.17) is 11.6 Å². The minimum Gasteiger partial charge on any atom is -0.368 e. The van der Waals surface area contributed by atoms with Crippen LogP contribution in [-0.4, -0.2) is 32.7 Å². The van der Waals surface area contributed by atoms with Crippen molar-refractivity contribution in [3.05, 3.63) is 22.8 Å². The molecule has 0 radical (unpaired) electrons. The molecule has 5 nitrogen and oxygen atoms in total. The number of rotatable bonds is 5. The van der Waals surface area contributed by atoms with Gasteiger partial charge in [0, 0.05) is 12.7 Å². The monoisotopic (exact) mass is 317 g/mol. The number of aromatic nitrogens is 1.